The first-order valence-electron chi connectivity index (χ1n) is 10.2. The highest BCUT2D eigenvalue weighted by atomic mass is 35.5. The monoisotopic (exact) mass is 415 g/mol. The fourth-order valence-electron chi connectivity index (χ4n) is 4.64. The van der Waals surface area contributed by atoms with Crippen molar-refractivity contribution in [2.75, 3.05) is 0 Å². The molecular formula is C25H22ClN3O. The van der Waals surface area contributed by atoms with Crippen molar-refractivity contribution in [3.05, 3.63) is 89.2 Å². The molecular weight excluding hydrogens is 394 g/mol. The predicted molar refractivity (Wildman–Crippen MR) is 118 cm³/mol. The first-order chi connectivity index (χ1) is 14.6. The lowest BCUT2D eigenvalue weighted by molar-refractivity contribution is -0.132. The molecule has 150 valence electrons. The number of carbonyl (C=O) groups is 1. The topological polar surface area (TPSA) is 57.1 Å². The molecule has 30 heavy (non-hydrogen) atoms. The Morgan fingerprint density at radius 2 is 1.83 bits per heavy atom. The van der Waals surface area contributed by atoms with Gasteiger partial charge in [0.15, 0.2) is 0 Å². The van der Waals surface area contributed by atoms with Crippen LogP contribution in [0.2, 0.25) is 5.02 Å². The Balaban J connectivity index is 1.54. The highest BCUT2D eigenvalue weighted by Gasteiger charge is 2.58. The molecule has 1 aliphatic carbocycles. The van der Waals surface area contributed by atoms with Crippen LogP contribution in [0, 0.1) is 11.3 Å². The second-order valence-electron chi connectivity index (χ2n) is 8.21. The molecule has 1 amide bonds. The van der Waals surface area contributed by atoms with Gasteiger partial charge >= 0.3 is 0 Å². The number of amidine groups is 1. The van der Waals surface area contributed by atoms with Gasteiger partial charge in [-0.2, -0.15) is 0 Å². The molecule has 3 aromatic rings. The summed E-state index contributed by atoms with van der Waals surface area (Å²) in [5.74, 6) is 0.727. The number of nitrogens with one attached hydrogen (secondary N) is 1. The number of amides is 1. The molecule has 0 radical (unpaired) electrons. The fourth-order valence-corrected chi connectivity index (χ4v) is 4.83. The Bertz CT molecular complexity index is 1130. The van der Waals surface area contributed by atoms with Gasteiger partial charge in [-0.15, -0.1) is 0 Å². The summed E-state index contributed by atoms with van der Waals surface area (Å²) < 4.78 is 0. The summed E-state index contributed by atoms with van der Waals surface area (Å²) in [6.07, 6.45) is 5.99. The molecule has 5 heteroatoms. The van der Waals surface area contributed by atoms with Gasteiger partial charge in [0, 0.05) is 23.8 Å². The highest BCUT2D eigenvalue weighted by molar-refractivity contribution is 6.30. The average molecular weight is 416 g/mol. The third kappa shape index (κ3) is 3.21. The zero-order valence-corrected chi connectivity index (χ0v) is 17.3. The van der Waals surface area contributed by atoms with E-state index in [1.165, 1.54) is 0 Å². The maximum atomic E-state index is 13.8. The van der Waals surface area contributed by atoms with Crippen LogP contribution in [0.5, 0.6) is 0 Å². The quantitative estimate of drug-likeness (QED) is 0.601. The molecule has 1 unspecified atom stereocenters. The van der Waals surface area contributed by atoms with Gasteiger partial charge in [-0.1, -0.05) is 54.1 Å². The number of hydrogen-bond acceptors (Lipinski definition) is 3. The lowest BCUT2D eigenvalue weighted by atomic mass is 9.73. The Morgan fingerprint density at radius 1 is 1.07 bits per heavy atom. The maximum Gasteiger partial charge on any atom is 0.239 e. The molecule has 1 N–H and O–H groups in total. The number of aromatic nitrogens is 1. The summed E-state index contributed by atoms with van der Waals surface area (Å²) in [6, 6.07) is 19.8. The third-order valence-electron chi connectivity index (χ3n) is 6.27. The predicted octanol–water partition coefficient (Wildman–Crippen LogP) is 5.46. The van der Waals surface area contributed by atoms with Crippen molar-refractivity contribution in [1.82, 2.24) is 9.88 Å². The smallest absolute Gasteiger partial charge is 0.239 e. The van der Waals surface area contributed by atoms with Crippen LogP contribution in [0.1, 0.15) is 30.4 Å². The Morgan fingerprint density at radius 3 is 2.53 bits per heavy atom. The number of halogens is 1. The third-order valence-corrected chi connectivity index (χ3v) is 6.51. The molecule has 1 aromatic heterocycles. The Kier molecular flexibility index (Phi) is 4.67. The van der Waals surface area contributed by atoms with Crippen molar-refractivity contribution in [2.45, 2.75) is 31.2 Å². The van der Waals surface area contributed by atoms with Crippen molar-refractivity contribution in [1.29, 1.82) is 5.41 Å². The summed E-state index contributed by atoms with van der Waals surface area (Å²) >= 11 is 6.19. The zero-order valence-electron chi connectivity index (χ0n) is 16.5. The number of likely N-dealkylation sites (tertiary alicyclic amines) is 1. The molecule has 0 bridgehead atoms. The minimum Gasteiger partial charge on any atom is -0.295 e. The van der Waals surface area contributed by atoms with E-state index >= 15 is 0 Å². The van der Waals surface area contributed by atoms with Gasteiger partial charge in [-0.3, -0.25) is 20.1 Å². The van der Waals surface area contributed by atoms with E-state index in [1.807, 2.05) is 54.6 Å². The first-order valence-corrected chi connectivity index (χ1v) is 10.6. The largest absolute Gasteiger partial charge is 0.295 e. The van der Waals surface area contributed by atoms with E-state index < -0.39 is 5.41 Å². The van der Waals surface area contributed by atoms with E-state index in [4.69, 9.17) is 17.0 Å². The molecule has 4 nitrogen and oxygen atoms in total. The van der Waals surface area contributed by atoms with E-state index in [0.29, 0.717) is 29.7 Å². The summed E-state index contributed by atoms with van der Waals surface area (Å²) in [5.41, 5.74) is 3.37. The van der Waals surface area contributed by atoms with Crippen LogP contribution >= 0.6 is 11.6 Å². The lowest BCUT2D eigenvalue weighted by Gasteiger charge is -2.28. The van der Waals surface area contributed by atoms with Crippen LogP contribution in [0.4, 0.5) is 0 Å². The molecule has 2 heterocycles. The number of hydrogen-bond donors (Lipinski definition) is 1. The van der Waals surface area contributed by atoms with Crippen molar-refractivity contribution < 1.29 is 4.79 Å². The summed E-state index contributed by atoms with van der Waals surface area (Å²) in [4.78, 5) is 19.6. The van der Waals surface area contributed by atoms with Gasteiger partial charge < -0.3 is 0 Å². The number of carbonyl (C=O) groups excluding carboxylic acids is 1. The fraction of sp³-hybridized carbons (Fsp3) is 0.240. The van der Waals surface area contributed by atoms with Crippen LogP contribution in [0.15, 0.2) is 73.1 Å². The number of rotatable bonds is 5. The van der Waals surface area contributed by atoms with Crippen molar-refractivity contribution in [2.24, 2.45) is 5.92 Å². The van der Waals surface area contributed by atoms with E-state index in [0.717, 1.165) is 35.1 Å². The standard InChI is InChI=1S/C25H22ClN3O/c26-22-8-2-6-19(13-22)18-5-1-7-21(12-18)25(20-9-10-20)14-23(27)29(24(25)30)16-17-4-3-11-28-15-17/h1-8,11-13,15,20,27H,9-10,14,16H2. The molecule has 5 rings (SSSR count). The molecule has 2 aromatic carbocycles. The summed E-state index contributed by atoms with van der Waals surface area (Å²) in [5, 5.41) is 9.32. The van der Waals surface area contributed by atoms with Crippen LogP contribution in [0.3, 0.4) is 0 Å². The minimum atomic E-state index is -0.645. The molecule has 1 aliphatic heterocycles. The minimum absolute atomic E-state index is 0.0436. The molecule has 2 fully saturated rings. The summed E-state index contributed by atoms with van der Waals surface area (Å²) in [6.45, 7) is 0.397. The number of pyridine rings is 1. The number of benzene rings is 2. The van der Waals surface area contributed by atoms with Crippen molar-refractivity contribution in [3.8, 4) is 11.1 Å². The van der Waals surface area contributed by atoms with E-state index in [2.05, 4.69) is 11.1 Å². The first kappa shape index (κ1) is 19.0. The molecule has 1 saturated carbocycles. The molecule has 1 saturated heterocycles. The average Bonchev–Trinajstić information content (AvgIpc) is 3.58. The zero-order chi connectivity index (χ0) is 20.7. The van der Waals surface area contributed by atoms with E-state index in [1.54, 1.807) is 17.3 Å². The van der Waals surface area contributed by atoms with Crippen LogP contribution < -0.4 is 0 Å². The van der Waals surface area contributed by atoms with Gasteiger partial charge in [0.1, 0.15) is 5.84 Å². The van der Waals surface area contributed by atoms with Gasteiger partial charge in [0.2, 0.25) is 5.91 Å². The Hall–Kier alpha value is -2.98. The van der Waals surface area contributed by atoms with Gasteiger partial charge in [0.05, 0.1) is 12.0 Å². The van der Waals surface area contributed by atoms with Crippen LogP contribution in [-0.4, -0.2) is 21.6 Å². The van der Waals surface area contributed by atoms with Crippen LogP contribution in [-0.2, 0) is 16.8 Å². The number of nitrogens with zero attached hydrogens (tertiary/aromatic N) is 2. The van der Waals surface area contributed by atoms with Gasteiger partial charge in [-0.05, 0) is 59.2 Å². The van der Waals surface area contributed by atoms with Gasteiger partial charge in [0.25, 0.3) is 0 Å². The second kappa shape index (κ2) is 7.37. The van der Waals surface area contributed by atoms with Crippen LogP contribution in [0.25, 0.3) is 11.1 Å². The molecule has 2 aliphatic rings. The van der Waals surface area contributed by atoms with Crippen molar-refractivity contribution in [3.63, 3.8) is 0 Å². The highest BCUT2D eigenvalue weighted by Crippen LogP contribution is 2.54. The SMILES string of the molecule is N=C1CC(c2cccc(-c3cccc(Cl)c3)c2)(C2CC2)C(=O)N1Cc1cccnc1. The molecule has 1 atom stereocenters. The van der Waals surface area contributed by atoms with Gasteiger partial charge in [-0.25, -0.2) is 0 Å². The van der Waals surface area contributed by atoms with Crippen molar-refractivity contribution >= 4 is 23.3 Å². The maximum absolute atomic E-state index is 13.8. The van der Waals surface area contributed by atoms with E-state index in [-0.39, 0.29) is 5.91 Å². The van der Waals surface area contributed by atoms with E-state index in [9.17, 15) is 4.79 Å². The second-order valence-corrected chi connectivity index (χ2v) is 8.65. The summed E-state index contributed by atoms with van der Waals surface area (Å²) in [7, 11) is 0. The lowest BCUT2D eigenvalue weighted by Crippen LogP contribution is -2.39. The Labute approximate surface area is 181 Å². The molecule has 0 spiro atoms. The normalized spacial score (nSPS) is 21.3.